The first-order chi connectivity index (χ1) is 18.6. The highest BCUT2D eigenvalue weighted by Crippen LogP contribution is 2.30. The molecule has 2 aromatic carbocycles. The largest absolute Gasteiger partial charge is 0.464 e. The summed E-state index contributed by atoms with van der Waals surface area (Å²) in [6.45, 7) is 6.64. The minimum absolute atomic E-state index is 0. The number of anilines is 3. The Balaban J connectivity index is 0.00000441. The van der Waals surface area contributed by atoms with E-state index in [1.807, 2.05) is 16.7 Å². The molecule has 1 aliphatic rings. The Morgan fingerprint density at radius 2 is 1.59 bits per heavy atom. The van der Waals surface area contributed by atoms with E-state index < -0.39 is 29.4 Å². The van der Waals surface area contributed by atoms with Crippen molar-refractivity contribution in [2.24, 2.45) is 0 Å². The molecule has 0 spiro atoms. The van der Waals surface area contributed by atoms with E-state index in [1.54, 1.807) is 12.1 Å². The number of nitrogens with zero attached hydrogens (tertiary/aromatic N) is 5. The zero-order chi connectivity index (χ0) is 28.1. The summed E-state index contributed by atoms with van der Waals surface area (Å²) in [6, 6.07) is 6.01. The van der Waals surface area contributed by atoms with E-state index in [0.717, 1.165) is 23.8 Å². The van der Waals surface area contributed by atoms with Crippen molar-refractivity contribution < 1.29 is 33.7 Å². The third kappa shape index (κ3) is 7.25. The van der Waals surface area contributed by atoms with Gasteiger partial charge in [0.2, 0.25) is 5.95 Å². The molecule has 0 bridgehead atoms. The van der Waals surface area contributed by atoms with Crippen LogP contribution in [0, 0.1) is 24.4 Å². The fourth-order valence-corrected chi connectivity index (χ4v) is 4.32. The summed E-state index contributed by atoms with van der Waals surface area (Å²) in [5.74, 6) is -2.81. The number of piperazine rings is 1. The maximum absolute atomic E-state index is 15.6. The summed E-state index contributed by atoms with van der Waals surface area (Å²) >= 11 is 0. The van der Waals surface area contributed by atoms with Gasteiger partial charge in [0.1, 0.15) is 31.2 Å². The van der Waals surface area contributed by atoms with Gasteiger partial charge in [-0.2, -0.15) is 4.98 Å². The van der Waals surface area contributed by atoms with Gasteiger partial charge < -0.3 is 19.7 Å². The molecule has 13 heteroatoms. The van der Waals surface area contributed by atoms with Crippen molar-refractivity contribution in [1.29, 1.82) is 0 Å². The summed E-state index contributed by atoms with van der Waals surface area (Å²) in [4.78, 5) is 30.6. The van der Waals surface area contributed by atoms with Crippen molar-refractivity contribution in [3.63, 3.8) is 0 Å². The molecule has 0 saturated carbocycles. The van der Waals surface area contributed by atoms with E-state index in [-0.39, 0.29) is 38.0 Å². The molecule has 0 unspecified atom stereocenters. The lowest BCUT2D eigenvalue weighted by molar-refractivity contribution is -0.147. The fraction of sp³-hybridized carbons (Fsp3) is 0.385. The van der Waals surface area contributed by atoms with Crippen molar-refractivity contribution >= 4 is 29.3 Å². The maximum atomic E-state index is 15.6. The average molecular weight is 549 g/mol. The van der Waals surface area contributed by atoms with Crippen LogP contribution in [-0.4, -0.2) is 77.0 Å². The lowest BCUT2D eigenvalue weighted by Crippen LogP contribution is -2.53. The highest BCUT2D eigenvalue weighted by Gasteiger charge is 2.27. The lowest BCUT2D eigenvalue weighted by Gasteiger charge is -2.40. The van der Waals surface area contributed by atoms with Crippen LogP contribution in [0.25, 0.3) is 5.69 Å². The molecule has 0 radical (unpaired) electrons. The molecule has 4 rings (SSSR count). The van der Waals surface area contributed by atoms with Crippen LogP contribution in [0.1, 0.15) is 20.8 Å². The summed E-state index contributed by atoms with van der Waals surface area (Å²) in [5, 5.41) is 7.02. The Labute approximate surface area is 224 Å². The van der Waals surface area contributed by atoms with Gasteiger partial charge in [-0.1, -0.05) is 0 Å². The van der Waals surface area contributed by atoms with Crippen molar-refractivity contribution in [1.82, 2.24) is 19.7 Å². The predicted octanol–water partition coefficient (Wildman–Crippen LogP) is 3.60. The normalized spacial score (nSPS) is 14.0. The van der Waals surface area contributed by atoms with Gasteiger partial charge in [-0.15, -0.1) is 5.10 Å². The molecule has 1 fully saturated rings. The Hall–Kier alpha value is -4.13. The van der Waals surface area contributed by atoms with Crippen molar-refractivity contribution in [2.45, 2.75) is 26.8 Å². The van der Waals surface area contributed by atoms with Gasteiger partial charge in [0.15, 0.2) is 5.82 Å². The topological polar surface area (TPSA) is 102 Å². The number of hydrogen-bond donors (Lipinski definition) is 1. The molecule has 1 N–H and O–H groups in total. The third-order valence-corrected chi connectivity index (χ3v) is 6.18. The van der Waals surface area contributed by atoms with Gasteiger partial charge in [0.25, 0.3) is 0 Å². The SMILES string of the molecule is CC(=O)OCC(COC(C)=O)N1CCN(c2cc(C)cc(Nc3ncn(-c4cc(F)cc(F)c4)n3)c2F)CC1.[HH]. The number of hydrogen-bond acceptors (Lipinski definition) is 9. The first-order valence-electron chi connectivity index (χ1n) is 12.3. The molecule has 39 heavy (non-hydrogen) atoms. The number of benzene rings is 2. The maximum Gasteiger partial charge on any atom is 0.302 e. The van der Waals surface area contributed by atoms with Crippen molar-refractivity contribution in [2.75, 3.05) is 49.6 Å². The second kappa shape index (κ2) is 12.2. The van der Waals surface area contributed by atoms with Gasteiger partial charge in [-0.3, -0.25) is 14.5 Å². The van der Waals surface area contributed by atoms with Gasteiger partial charge in [-0.25, -0.2) is 17.9 Å². The van der Waals surface area contributed by atoms with E-state index in [9.17, 15) is 18.4 Å². The highest BCUT2D eigenvalue weighted by atomic mass is 19.1. The monoisotopic (exact) mass is 548 g/mol. The first-order valence-corrected chi connectivity index (χ1v) is 12.3. The fourth-order valence-electron chi connectivity index (χ4n) is 4.32. The lowest BCUT2D eigenvalue weighted by atomic mass is 10.1. The van der Waals surface area contributed by atoms with E-state index >= 15 is 4.39 Å². The summed E-state index contributed by atoms with van der Waals surface area (Å²) in [6.07, 6.45) is 1.27. The van der Waals surface area contributed by atoms with Crippen LogP contribution in [0.2, 0.25) is 0 Å². The zero-order valence-corrected chi connectivity index (χ0v) is 21.8. The minimum atomic E-state index is -0.756. The number of aromatic nitrogens is 3. The Morgan fingerprint density at radius 3 is 2.18 bits per heavy atom. The molecular weight excluding hydrogens is 517 g/mol. The van der Waals surface area contributed by atoms with Crippen LogP contribution < -0.4 is 10.2 Å². The molecule has 2 heterocycles. The van der Waals surface area contributed by atoms with E-state index in [4.69, 9.17) is 9.47 Å². The van der Waals surface area contributed by atoms with Crippen LogP contribution in [0.3, 0.4) is 0 Å². The molecule has 3 aromatic rings. The van der Waals surface area contributed by atoms with Gasteiger partial charge in [0.05, 0.1) is 23.1 Å². The smallest absolute Gasteiger partial charge is 0.302 e. The van der Waals surface area contributed by atoms with E-state index in [0.29, 0.717) is 31.9 Å². The number of esters is 2. The second-order valence-corrected chi connectivity index (χ2v) is 9.19. The number of carbonyl (C=O) groups excluding carboxylic acids is 2. The first kappa shape index (κ1) is 27.9. The molecule has 10 nitrogen and oxygen atoms in total. The van der Waals surface area contributed by atoms with Crippen LogP contribution in [0.15, 0.2) is 36.7 Å². The summed E-state index contributed by atoms with van der Waals surface area (Å²) < 4.78 is 54.3. The number of rotatable bonds is 9. The Kier molecular flexibility index (Phi) is 8.69. The van der Waals surface area contributed by atoms with E-state index in [1.165, 1.54) is 24.9 Å². The van der Waals surface area contributed by atoms with Crippen LogP contribution >= 0.6 is 0 Å². The Morgan fingerprint density at radius 1 is 0.974 bits per heavy atom. The number of carbonyl (C=O) groups is 2. The van der Waals surface area contributed by atoms with Crippen molar-refractivity contribution in [3.8, 4) is 5.69 Å². The minimum Gasteiger partial charge on any atom is -0.464 e. The van der Waals surface area contributed by atoms with Crippen LogP contribution in [0.5, 0.6) is 0 Å². The molecular formula is C26H31F3N6O4. The molecule has 0 amide bonds. The van der Waals surface area contributed by atoms with Crippen LogP contribution in [-0.2, 0) is 19.1 Å². The Bertz CT molecular complexity index is 1310. The molecule has 1 saturated heterocycles. The third-order valence-electron chi connectivity index (χ3n) is 6.18. The summed E-state index contributed by atoms with van der Waals surface area (Å²) in [5.41, 5.74) is 1.47. The predicted molar refractivity (Wildman–Crippen MR) is 139 cm³/mol. The zero-order valence-electron chi connectivity index (χ0n) is 21.8. The molecule has 1 aliphatic heterocycles. The molecule has 1 aromatic heterocycles. The average Bonchev–Trinajstić information content (AvgIpc) is 3.34. The van der Waals surface area contributed by atoms with Crippen molar-refractivity contribution in [3.05, 3.63) is 59.7 Å². The number of halogens is 3. The van der Waals surface area contributed by atoms with E-state index in [2.05, 4.69) is 15.4 Å². The molecule has 0 atom stereocenters. The van der Waals surface area contributed by atoms with Gasteiger partial charge in [-0.05, 0) is 36.8 Å². The van der Waals surface area contributed by atoms with Gasteiger partial charge in [0, 0.05) is 47.5 Å². The second-order valence-electron chi connectivity index (χ2n) is 9.19. The number of ether oxygens (including phenoxy) is 2. The van der Waals surface area contributed by atoms with Crippen LogP contribution in [0.4, 0.5) is 30.5 Å². The summed E-state index contributed by atoms with van der Waals surface area (Å²) in [7, 11) is 0. The number of nitrogens with one attached hydrogen (secondary N) is 1. The molecule has 210 valence electrons. The highest BCUT2D eigenvalue weighted by molar-refractivity contribution is 5.67. The standard InChI is InChI=1S/C26H29F3N6O4.H2/c1-16-8-23(31-26-30-15-35(32-26)21-11-19(27)10-20(28)12-21)25(29)24(9-16)34-6-4-33(5-7-34)22(13-38-17(2)36)14-39-18(3)37;/h8-12,15,22H,4-7,13-14H2,1-3H3,(H,31,32);1H. The van der Waals surface area contributed by atoms with Gasteiger partial charge >= 0.3 is 11.9 Å². The number of aryl methyl sites for hydroxylation is 1. The molecule has 0 aliphatic carbocycles. The quantitative estimate of drug-likeness (QED) is 0.402.